The molecule has 168 valence electrons. The van der Waals surface area contributed by atoms with Gasteiger partial charge in [0, 0.05) is 17.6 Å². The van der Waals surface area contributed by atoms with Crippen molar-refractivity contribution in [2.45, 2.75) is 37.9 Å². The first-order valence-electron chi connectivity index (χ1n) is 10.4. The zero-order valence-electron chi connectivity index (χ0n) is 17.9. The van der Waals surface area contributed by atoms with Crippen LogP contribution in [0, 0.1) is 0 Å². The maximum atomic E-state index is 13.1. The van der Waals surface area contributed by atoms with Crippen LogP contribution in [0.3, 0.4) is 0 Å². The molecular formula is C23H25ClN4O4. The number of imide groups is 1. The average molecular weight is 457 g/mol. The van der Waals surface area contributed by atoms with Crippen molar-refractivity contribution in [3.05, 3.63) is 64.7 Å². The van der Waals surface area contributed by atoms with Crippen molar-refractivity contribution in [2.75, 3.05) is 13.7 Å². The lowest BCUT2D eigenvalue weighted by molar-refractivity contribution is -0.139. The van der Waals surface area contributed by atoms with E-state index in [-0.39, 0.29) is 6.54 Å². The Kier molecular flexibility index (Phi) is 6.08. The number of amides is 4. The van der Waals surface area contributed by atoms with Gasteiger partial charge in [-0.1, -0.05) is 35.9 Å². The summed E-state index contributed by atoms with van der Waals surface area (Å²) in [6.45, 7) is 2.26. The summed E-state index contributed by atoms with van der Waals surface area (Å²) >= 11 is 5.95. The third-order valence-corrected chi connectivity index (χ3v) is 6.06. The second kappa shape index (κ2) is 8.80. The van der Waals surface area contributed by atoms with Gasteiger partial charge >= 0.3 is 6.03 Å². The Labute approximate surface area is 191 Å². The summed E-state index contributed by atoms with van der Waals surface area (Å²) in [4.78, 5) is 40.4. The minimum absolute atomic E-state index is 0.0730. The molecule has 0 spiro atoms. The van der Waals surface area contributed by atoms with Crippen molar-refractivity contribution in [1.29, 1.82) is 0 Å². The van der Waals surface area contributed by atoms with E-state index >= 15 is 0 Å². The SMILES string of the molecule is COc1ccc(C2(C)NC(=O)N(NC(=O)CN(Cc3ccc(Cl)cc3)C3CC3)C2=O)cc1. The summed E-state index contributed by atoms with van der Waals surface area (Å²) in [5, 5.41) is 4.10. The lowest BCUT2D eigenvalue weighted by Gasteiger charge is -2.24. The molecule has 0 bridgehead atoms. The Hall–Kier alpha value is -3.10. The van der Waals surface area contributed by atoms with Gasteiger partial charge in [-0.15, -0.1) is 0 Å². The zero-order valence-corrected chi connectivity index (χ0v) is 18.7. The summed E-state index contributed by atoms with van der Waals surface area (Å²) in [5.74, 6) is -0.329. The second-order valence-electron chi connectivity index (χ2n) is 8.22. The molecule has 32 heavy (non-hydrogen) atoms. The number of urea groups is 1. The Morgan fingerprint density at radius 2 is 1.84 bits per heavy atom. The largest absolute Gasteiger partial charge is 0.497 e. The highest BCUT2D eigenvalue weighted by atomic mass is 35.5. The van der Waals surface area contributed by atoms with Crippen LogP contribution in [0.5, 0.6) is 5.75 Å². The summed E-state index contributed by atoms with van der Waals surface area (Å²) < 4.78 is 5.15. The molecular weight excluding hydrogens is 432 g/mol. The molecule has 1 saturated heterocycles. The van der Waals surface area contributed by atoms with E-state index in [0.717, 1.165) is 23.4 Å². The lowest BCUT2D eigenvalue weighted by atomic mass is 9.92. The number of rotatable bonds is 8. The first-order valence-corrected chi connectivity index (χ1v) is 10.8. The molecule has 2 aliphatic rings. The van der Waals surface area contributed by atoms with Crippen LogP contribution in [0.25, 0.3) is 0 Å². The normalized spacial score (nSPS) is 20.4. The predicted octanol–water partition coefficient (Wildman–Crippen LogP) is 2.81. The topological polar surface area (TPSA) is 91.0 Å². The molecule has 0 aromatic heterocycles. The van der Waals surface area contributed by atoms with Gasteiger partial charge in [-0.2, -0.15) is 5.01 Å². The molecule has 2 aromatic rings. The van der Waals surface area contributed by atoms with Gasteiger partial charge in [0.15, 0.2) is 0 Å². The number of hydrazine groups is 1. The molecule has 2 fully saturated rings. The monoisotopic (exact) mass is 456 g/mol. The van der Waals surface area contributed by atoms with Crippen molar-refractivity contribution < 1.29 is 19.1 Å². The smallest absolute Gasteiger partial charge is 0.344 e. The van der Waals surface area contributed by atoms with E-state index in [9.17, 15) is 14.4 Å². The van der Waals surface area contributed by atoms with E-state index in [2.05, 4.69) is 10.7 Å². The van der Waals surface area contributed by atoms with Crippen LogP contribution in [0.4, 0.5) is 4.79 Å². The maximum absolute atomic E-state index is 13.1. The molecule has 1 saturated carbocycles. The van der Waals surface area contributed by atoms with Crippen molar-refractivity contribution in [3.63, 3.8) is 0 Å². The molecule has 4 amide bonds. The van der Waals surface area contributed by atoms with Crippen molar-refractivity contribution in [3.8, 4) is 5.75 Å². The van der Waals surface area contributed by atoms with Gasteiger partial charge in [0.05, 0.1) is 13.7 Å². The van der Waals surface area contributed by atoms with E-state index in [1.807, 2.05) is 29.2 Å². The van der Waals surface area contributed by atoms with Gasteiger partial charge in [-0.3, -0.25) is 19.9 Å². The number of benzene rings is 2. The minimum atomic E-state index is -1.28. The quantitative estimate of drug-likeness (QED) is 0.596. The molecule has 8 nitrogen and oxygen atoms in total. The Morgan fingerprint density at radius 1 is 1.19 bits per heavy atom. The van der Waals surface area contributed by atoms with E-state index in [4.69, 9.17) is 16.3 Å². The van der Waals surface area contributed by atoms with Gasteiger partial charge < -0.3 is 10.1 Å². The number of nitrogens with one attached hydrogen (secondary N) is 2. The van der Waals surface area contributed by atoms with Gasteiger partial charge in [-0.05, 0) is 55.2 Å². The standard InChI is InChI=1S/C23H25ClN4O4/c1-23(16-5-11-19(32-2)12-6-16)21(30)28(22(31)25-23)26-20(29)14-27(18-9-10-18)13-15-3-7-17(24)8-4-15/h3-8,11-12,18H,9-10,13-14H2,1-2H3,(H,25,31)(H,26,29). The molecule has 1 aliphatic heterocycles. The van der Waals surface area contributed by atoms with Crippen LogP contribution in [-0.4, -0.2) is 47.5 Å². The molecule has 1 aliphatic carbocycles. The number of ether oxygens (including phenoxy) is 1. The van der Waals surface area contributed by atoms with Crippen molar-refractivity contribution in [2.24, 2.45) is 0 Å². The number of nitrogens with zero attached hydrogens (tertiary/aromatic N) is 2. The van der Waals surface area contributed by atoms with Crippen LogP contribution in [-0.2, 0) is 21.7 Å². The molecule has 2 aromatic carbocycles. The third kappa shape index (κ3) is 4.56. The minimum Gasteiger partial charge on any atom is -0.497 e. The molecule has 0 radical (unpaired) electrons. The third-order valence-electron chi connectivity index (χ3n) is 5.80. The van der Waals surface area contributed by atoms with E-state index in [1.165, 1.54) is 0 Å². The van der Waals surface area contributed by atoms with Crippen molar-refractivity contribution >= 4 is 29.4 Å². The fraction of sp³-hybridized carbons (Fsp3) is 0.348. The average Bonchev–Trinajstić information content (AvgIpc) is 3.60. The summed E-state index contributed by atoms with van der Waals surface area (Å²) in [6.07, 6.45) is 2.03. The Morgan fingerprint density at radius 3 is 2.44 bits per heavy atom. The highest BCUT2D eigenvalue weighted by molar-refractivity contribution is 6.30. The number of hydrogen-bond acceptors (Lipinski definition) is 5. The van der Waals surface area contributed by atoms with Crippen LogP contribution in [0.15, 0.2) is 48.5 Å². The van der Waals surface area contributed by atoms with Crippen LogP contribution in [0.1, 0.15) is 30.9 Å². The number of carbonyl (C=O) groups excluding carboxylic acids is 3. The molecule has 1 heterocycles. The summed E-state index contributed by atoms with van der Waals surface area (Å²) in [7, 11) is 1.55. The van der Waals surface area contributed by atoms with Gasteiger partial charge in [-0.25, -0.2) is 4.79 Å². The Bertz CT molecular complexity index is 1020. The number of halogens is 1. The first kappa shape index (κ1) is 22.1. The van der Waals surface area contributed by atoms with E-state index in [1.54, 1.807) is 38.3 Å². The number of hydrogen-bond donors (Lipinski definition) is 2. The highest BCUT2D eigenvalue weighted by Crippen LogP contribution is 2.30. The van der Waals surface area contributed by atoms with Gasteiger partial charge in [0.2, 0.25) is 0 Å². The summed E-state index contributed by atoms with van der Waals surface area (Å²) in [5.41, 5.74) is 2.83. The van der Waals surface area contributed by atoms with Crippen LogP contribution < -0.4 is 15.5 Å². The van der Waals surface area contributed by atoms with Gasteiger partial charge in [0.25, 0.3) is 11.8 Å². The summed E-state index contributed by atoms with van der Waals surface area (Å²) in [6, 6.07) is 14.0. The fourth-order valence-corrected chi connectivity index (χ4v) is 3.91. The van der Waals surface area contributed by atoms with Crippen molar-refractivity contribution in [1.82, 2.24) is 20.7 Å². The van der Waals surface area contributed by atoms with E-state index < -0.39 is 23.4 Å². The number of carbonyl (C=O) groups is 3. The molecule has 1 unspecified atom stereocenters. The Balaban J connectivity index is 1.42. The highest BCUT2D eigenvalue weighted by Gasteiger charge is 2.50. The first-order chi connectivity index (χ1) is 15.3. The molecule has 9 heteroatoms. The second-order valence-corrected chi connectivity index (χ2v) is 8.66. The van der Waals surface area contributed by atoms with E-state index in [0.29, 0.717) is 28.9 Å². The number of methoxy groups -OCH3 is 1. The van der Waals surface area contributed by atoms with Gasteiger partial charge in [0.1, 0.15) is 11.3 Å². The van der Waals surface area contributed by atoms with Crippen LogP contribution >= 0.6 is 11.6 Å². The molecule has 2 N–H and O–H groups in total. The fourth-order valence-electron chi connectivity index (χ4n) is 3.78. The molecule has 1 atom stereocenters. The molecule has 4 rings (SSSR count). The predicted molar refractivity (Wildman–Crippen MR) is 119 cm³/mol. The zero-order chi connectivity index (χ0) is 22.9. The lowest BCUT2D eigenvalue weighted by Crippen LogP contribution is -2.50. The maximum Gasteiger partial charge on any atom is 0.344 e. The van der Waals surface area contributed by atoms with Crippen LogP contribution in [0.2, 0.25) is 5.02 Å².